The molecule has 14 heavy (non-hydrogen) atoms. The van der Waals surface area contributed by atoms with Crippen LogP contribution < -0.4 is 14.6 Å². The van der Waals surface area contributed by atoms with Crippen molar-refractivity contribution >= 4 is 45.9 Å². The molecule has 74 valence electrons. The van der Waals surface area contributed by atoms with E-state index in [1.54, 1.807) is 0 Å². The summed E-state index contributed by atoms with van der Waals surface area (Å²) in [6, 6.07) is 0.0378. The zero-order valence-electron chi connectivity index (χ0n) is 6.22. The first-order valence-electron chi connectivity index (χ1n) is 3.01. The van der Waals surface area contributed by atoms with Crippen LogP contribution in [-0.4, -0.2) is 54.2 Å². The first kappa shape index (κ1) is 13.2. The summed E-state index contributed by atoms with van der Waals surface area (Å²) in [5, 5.41) is 5.71. The quantitative estimate of drug-likeness (QED) is 0.520. The Kier molecular flexibility index (Phi) is 4.91. The van der Waals surface area contributed by atoms with Gasteiger partial charge in [-0.2, -0.15) is 8.42 Å². The number of nitrogens with two attached hydrogens (primary N) is 1. The fourth-order valence-electron chi connectivity index (χ4n) is 0.550. The predicted molar refractivity (Wildman–Crippen MR) is 48.0 cm³/mol. The van der Waals surface area contributed by atoms with Crippen LogP contribution in [0.3, 0.4) is 0 Å². The molecule has 0 aliphatic rings. The SMILES string of the molecule is NC(=O)NS(=O)(=O)Oc1cc[nH]n1.[NaH]. The van der Waals surface area contributed by atoms with Gasteiger partial charge in [-0.15, -0.1) is 5.10 Å². The molecule has 0 fully saturated rings. The molecule has 0 saturated carbocycles. The molecular formula is C4H7N4NaO4S. The Morgan fingerprint density at radius 3 is 2.71 bits per heavy atom. The van der Waals surface area contributed by atoms with Crippen molar-refractivity contribution in [3.8, 4) is 5.88 Å². The van der Waals surface area contributed by atoms with Crippen LogP contribution >= 0.6 is 0 Å². The van der Waals surface area contributed by atoms with Gasteiger partial charge in [-0.25, -0.2) is 9.52 Å². The van der Waals surface area contributed by atoms with E-state index in [1.807, 2.05) is 0 Å². The third-order valence-corrected chi connectivity index (χ3v) is 1.74. The van der Waals surface area contributed by atoms with E-state index < -0.39 is 16.3 Å². The number of nitrogens with one attached hydrogen (secondary N) is 2. The molecule has 1 aromatic rings. The van der Waals surface area contributed by atoms with E-state index in [9.17, 15) is 13.2 Å². The Morgan fingerprint density at radius 1 is 1.64 bits per heavy atom. The number of nitrogens with zero attached hydrogens (tertiary/aromatic N) is 1. The average molecular weight is 230 g/mol. The molecule has 0 bridgehead atoms. The molecule has 1 heterocycles. The van der Waals surface area contributed by atoms with Crippen molar-refractivity contribution in [1.82, 2.24) is 14.9 Å². The summed E-state index contributed by atoms with van der Waals surface area (Å²) in [5.74, 6) is -0.186. The molecule has 1 rings (SSSR count). The van der Waals surface area contributed by atoms with E-state index in [4.69, 9.17) is 0 Å². The second kappa shape index (κ2) is 5.20. The summed E-state index contributed by atoms with van der Waals surface area (Å²) in [6.45, 7) is 0. The van der Waals surface area contributed by atoms with Crippen LogP contribution in [0.4, 0.5) is 4.79 Å². The summed E-state index contributed by atoms with van der Waals surface area (Å²) in [5.41, 5.74) is 4.57. The van der Waals surface area contributed by atoms with Gasteiger partial charge in [0.1, 0.15) is 0 Å². The fourth-order valence-corrected chi connectivity index (χ4v) is 1.16. The van der Waals surface area contributed by atoms with Gasteiger partial charge >= 0.3 is 45.9 Å². The topological polar surface area (TPSA) is 127 Å². The number of aromatic amines is 1. The number of H-pyrrole nitrogens is 1. The zero-order chi connectivity index (χ0) is 9.90. The molecule has 2 amide bonds. The summed E-state index contributed by atoms with van der Waals surface area (Å²) in [6.07, 6.45) is 1.36. The van der Waals surface area contributed by atoms with Crippen molar-refractivity contribution in [3.05, 3.63) is 12.3 Å². The van der Waals surface area contributed by atoms with Crippen LogP contribution in [0.25, 0.3) is 0 Å². The Labute approximate surface area is 102 Å². The minimum absolute atomic E-state index is 0. The molecule has 0 aromatic carbocycles. The first-order chi connectivity index (χ1) is 5.99. The second-order valence-corrected chi connectivity index (χ2v) is 3.20. The molecule has 0 unspecified atom stereocenters. The number of urea groups is 1. The van der Waals surface area contributed by atoms with Crippen LogP contribution in [-0.2, 0) is 10.3 Å². The molecule has 0 spiro atoms. The molecule has 0 atom stereocenters. The van der Waals surface area contributed by atoms with Crippen molar-refractivity contribution in [2.45, 2.75) is 0 Å². The van der Waals surface area contributed by atoms with Gasteiger partial charge in [0.25, 0.3) is 5.88 Å². The number of aromatic nitrogens is 2. The van der Waals surface area contributed by atoms with Crippen molar-refractivity contribution < 1.29 is 17.4 Å². The summed E-state index contributed by atoms with van der Waals surface area (Å²) < 4.78 is 27.3. The van der Waals surface area contributed by atoms with E-state index in [2.05, 4.69) is 20.1 Å². The molecule has 0 saturated heterocycles. The second-order valence-electron chi connectivity index (χ2n) is 1.92. The first-order valence-corrected chi connectivity index (χ1v) is 4.42. The third kappa shape index (κ3) is 4.46. The van der Waals surface area contributed by atoms with Gasteiger partial charge in [0.15, 0.2) is 0 Å². The van der Waals surface area contributed by atoms with E-state index >= 15 is 0 Å². The number of carbonyl (C=O) groups excluding carboxylic acids is 1. The maximum atomic E-state index is 10.8. The Morgan fingerprint density at radius 2 is 2.29 bits per heavy atom. The van der Waals surface area contributed by atoms with Gasteiger partial charge in [-0.3, -0.25) is 5.10 Å². The van der Waals surface area contributed by atoms with Crippen LogP contribution in [0.2, 0.25) is 0 Å². The van der Waals surface area contributed by atoms with Crippen LogP contribution in [0.1, 0.15) is 0 Å². The Bertz CT molecular complexity index is 387. The predicted octanol–water partition coefficient (Wildman–Crippen LogP) is -1.95. The van der Waals surface area contributed by atoms with E-state index in [0.717, 1.165) is 0 Å². The molecule has 1 aromatic heterocycles. The normalized spacial score (nSPS) is 10.0. The standard InChI is InChI=1S/C4H6N4O4S.Na.H/c5-4(9)8-13(10,11)12-3-1-2-6-7-3;;/h1-2H,(H,6,7)(H3,5,8,9);;. The summed E-state index contributed by atoms with van der Waals surface area (Å²) in [4.78, 5) is 10.2. The molecule has 4 N–H and O–H groups in total. The number of hydrogen-bond donors (Lipinski definition) is 3. The Balaban J connectivity index is 0.00000169. The average Bonchev–Trinajstić information content (AvgIpc) is 2.34. The van der Waals surface area contributed by atoms with Gasteiger partial charge in [0.2, 0.25) is 0 Å². The monoisotopic (exact) mass is 230 g/mol. The molecule has 0 aliphatic carbocycles. The van der Waals surface area contributed by atoms with Crippen LogP contribution in [0, 0.1) is 0 Å². The molecule has 0 radical (unpaired) electrons. The number of carbonyl (C=O) groups is 1. The Hall–Kier alpha value is -0.770. The number of hydrogen-bond acceptors (Lipinski definition) is 5. The van der Waals surface area contributed by atoms with Crippen LogP contribution in [0.5, 0.6) is 5.88 Å². The van der Waals surface area contributed by atoms with Gasteiger partial charge in [-0.05, 0) is 0 Å². The minimum atomic E-state index is -4.21. The molecule has 10 heteroatoms. The summed E-state index contributed by atoms with van der Waals surface area (Å²) in [7, 11) is -4.21. The third-order valence-electron chi connectivity index (χ3n) is 0.896. The maximum absolute atomic E-state index is 10.8. The van der Waals surface area contributed by atoms with Gasteiger partial charge < -0.3 is 9.92 Å². The van der Waals surface area contributed by atoms with Gasteiger partial charge in [0.05, 0.1) is 0 Å². The van der Waals surface area contributed by atoms with Crippen molar-refractivity contribution in [3.63, 3.8) is 0 Å². The van der Waals surface area contributed by atoms with Gasteiger partial charge in [-0.1, -0.05) is 0 Å². The van der Waals surface area contributed by atoms with Crippen molar-refractivity contribution in [2.75, 3.05) is 0 Å². The van der Waals surface area contributed by atoms with Crippen molar-refractivity contribution in [1.29, 1.82) is 0 Å². The summed E-state index contributed by atoms with van der Waals surface area (Å²) >= 11 is 0. The molecule has 0 aliphatic heterocycles. The molecular weight excluding hydrogens is 223 g/mol. The van der Waals surface area contributed by atoms with Crippen molar-refractivity contribution in [2.24, 2.45) is 5.73 Å². The fraction of sp³-hybridized carbons (Fsp3) is 0. The zero-order valence-corrected chi connectivity index (χ0v) is 7.04. The van der Waals surface area contributed by atoms with E-state index in [0.29, 0.717) is 0 Å². The number of amides is 2. The molecule has 8 nitrogen and oxygen atoms in total. The number of rotatable bonds is 3. The van der Waals surface area contributed by atoms with Gasteiger partial charge in [0, 0.05) is 12.3 Å². The van der Waals surface area contributed by atoms with E-state index in [-0.39, 0.29) is 35.4 Å². The van der Waals surface area contributed by atoms with E-state index in [1.165, 1.54) is 17.0 Å². The van der Waals surface area contributed by atoms with Crippen LogP contribution in [0.15, 0.2) is 12.3 Å². The number of primary amides is 1.